The van der Waals surface area contributed by atoms with E-state index in [9.17, 15) is 0 Å². The fraction of sp³-hybridized carbons (Fsp3) is 0.474. The zero-order valence-electron chi connectivity index (χ0n) is 13.5. The summed E-state index contributed by atoms with van der Waals surface area (Å²) < 4.78 is 6.02. The van der Waals surface area contributed by atoms with Crippen LogP contribution in [-0.4, -0.2) is 55.7 Å². The molecule has 2 aromatic rings. The molecule has 0 aromatic heterocycles. The van der Waals surface area contributed by atoms with E-state index in [2.05, 4.69) is 59.2 Å². The zero-order valence-corrected chi connectivity index (χ0v) is 13.5. The lowest BCUT2D eigenvalue weighted by Gasteiger charge is -2.33. The highest BCUT2D eigenvalue weighted by molar-refractivity contribution is 5.88. The van der Waals surface area contributed by atoms with Crippen LogP contribution in [0.25, 0.3) is 10.8 Å². The van der Waals surface area contributed by atoms with E-state index >= 15 is 0 Å². The molecule has 0 spiro atoms. The van der Waals surface area contributed by atoms with Crippen molar-refractivity contribution in [3.05, 3.63) is 42.5 Å². The second-order valence-corrected chi connectivity index (χ2v) is 5.96. The molecule has 0 bridgehead atoms. The van der Waals surface area contributed by atoms with Crippen LogP contribution >= 0.6 is 0 Å². The average Bonchev–Trinajstić information content (AvgIpc) is 2.59. The van der Waals surface area contributed by atoms with Gasteiger partial charge in [-0.2, -0.15) is 0 Å². The van der Waals surface area contributed by atoms with Gasteiger partial charge in [0.2, 0.25) is 0 Å². The number of likely N-dealkylation sites (N-methyl/N-ethyl adjacent to an activating group) is 1. The van der Waals surface area contributed by atoms with Crippen LogP contribution in [0.3, 0.4) is 0 Å². The molecule has 3 rings (SSSR count). The maximum absolute atomic E-state index is 6.02. The van der Waals surface area contributed by atoms with Gasteiger partial charge in [-0.1, -0.05) is 43.3 Å². The molecular formula is C19H26N2O. The molecule has 0 amide bonds. The van der Waals surface area contributed by atoms with Gasteiger partial charge in [-0.3, -0.25) is 0 Å². The Morgan fingerprint density at radius 2 is 1.64 bits per heavy atom. The Morgan fingerprint density at radius 3 is 2.45 bits per heavy atom. The number of benzene rings is 2. The number of hydrogen-bond donors (Lipinski definition) is 0. The number of piperazine rings is 1. The van der Waals surface area contributed by atoms with Gasteiger partial charge in [0.25, 0.3) is 0 Å². The Morgan fingerprint density at radius 1 is 0.909 bits per heavy atom. The molecule has 0 N–H and O–H groups in total. The Kier molecular flexibility index (Phi) is 5.30. The summed E-state index contributed by atoms with van der Waals surface area (Å²) in [7, 11) is 0. The summed E-state index contributed by atoms with van der Waals surface area (Å²) in [6, 6.07) is 14.7. The molecule has 0 atom stereocenters. The van der Waals surface area contributed by atoms with Gasteiger partial charge in [0.1, 0.15) is 5.75 Å². The predicted octanol–water partition coefficient (Wildman–Crippen LogP) is 3.25. The molecule has 0 saturated carbocycles. The maximum Gasteiger partial charge on any atom is 0.127 e. The van der Waals surface area contributed by atoms with Crippen molar-refractivity contribution in [2.75, 3.05) is 45.9 Å². The van der Waals surface area contributed by atoms with Gasteiger partial charge in [0.15, 0.2) is 0 Å². The lowest BCUT2D eigenvalue weighted by atomic mass is 10.1. The minimum atomic E-state index is 0.794. The first kappa shape index (κ1) is 15.3. The van der Waals surface area contributed by atoms with Crippen molar-refractivity contribution in [1.29, 1.82) is 0 Å². The van der Waals surface area contributed by atoms with Gasteiger partial charge < -0.3 is 14.5 Å². The lowest BCUT2D eigenvalue weighted by Crippen LogP contribution is -2.46. The van der Waals surface area contributed by atoms with E-state index < -0.39 is 0 Å². The molecule has 1 aliphatic rings. The van der Waals surface area contributed by atoms with E-state index in [4.69, 9.17) is 4.74 Å². The van der Waals surface area contributed by atoms with E-state index in [0.29, 0.717) is 0 Å². The summed E-state index contributed by atoms with van der Waals surface area (Å²) in [5, 5.41) is 2.46. The normalized spacial score (nSPS) is 17.0. The second kappa shape index (κ2) is 7.61. The average molecular weight is 298 g/mol. The Hall–Kier alpha value is -1.58. The molecule has 0 radical (unpaired) electrons. The molecule has 3 nitrogen and oxygen atoms in total. The van der Waals surface area contributed by atoms with Gasteiger partial charge >= 0.3 is 0 Å². The smallest absolute Gasteiger partial charge is 0.127 e. The van der Waals surface area contributed by atoms with Crippen molar-refractivity contribution in [1.82, 2.24) is 9.80 Å². The number of hydrogen-bond acceptors (Lipinski definition) is 3. The van der Waals surface area contributed by atoms with Crippen molar-refractivity contribution in [3.8, 4) is 5.75 Å². The minimum Gasteiger partial charge on any atom is -0.493 e. The molecule has 0 unspecified atom stereocenters. The second-order valence-electron chi connectivity index (χ2n) is 5.96. The molecule has 118 valence electrons. The van der Waals surface area contributed by atoms with E-state index in [1.165, 1.54) is 43.5 Å². The van der Waals surface area contributed by atoms with E-state index in [-0.39, 0.29) is 0 Å². The summed E-state index contributed by atoms with van der Waals surface area (Å²) in [4.78, 5) is 5.07. The van der Waals surface area contributed by atoms with E-state index in [1.807, 2.05) is 0 Å². The van der Waals surface area contributed by atoms with Crippen LogP contribution in [0.4, 0.5) is 0 Å². The summed E-state index contributed by atoms with van der Waals surface area (Å²) in [5.74, 6) is 1.01. The predicted molar refractivity (Wildman–Crippen MR) is 92.6 cm³/mol. The van der Waals surface area contributed by atoms with Crippen LogP contribution < -0.4 is 4.74 Å². The zero-order chi connectivity index (χ0) is 15.2. The van der Waals surface area contributed by atoms with Crippen LogP contribution in [0, 0.1) is 0 Å². The molecule has 1 fully saturated rings. The third-order valence-corrected chi connectivity index (χ3v) is 4.54. The van der Waals surface area contributed by atoms with Crippen LogP contribution in [0.15, 0.2) is 42.5 Å². The Balaban J connectivity index is 1.45. The highest BCUT2D eigenvalue weighted by Crippen LogP contribution is 2.25. The monoisotopic (exact) mass is 298 g/mol. The van der Waals surface area contributed by atoms with Gasteiger partial charge in [-0.15, -0.1) is 0 Å². The van der Waals surface area contributed by atoms with Crippen LogP contribution in [0.5, 0.6) is 5.75 Å². The first-order valence-corrected chi connectivity index (χ1v) is 8.42. The summed E-state index contributed by atoms with van der Waals surface area (Å²) in [6.07, 6.45) is 1.09. The lowest BCUT2D eigenvalue weighted by molar-refractivity contribution is 0.130. The Bertz CT molecular complexity index is 586. The van der Waals surface area contributed by atoms with Crippen molar-refractivity contribution in [2.45, 2.75) is 13.3 Å². The summed E-state index contributed by atoms with van der Waals surface area (Å²) >= 11 is 0. The number of fused-ring (bicyclic) bond motifs is 1. The molecular weight excluding hydrogens is 272 g/mol. The summed E-state index contributed by atoms with van der Waals surface area (Å²) in [5.41, 5.74) is 0. The fourth-order valence-corrected chi connectivity index (χ4v) is 3.12. The quantitative estimate of drug-likeness (QED) is 0.761. The van der Waals surface area contributed by atoms with Gasteiger partial charge in [0.05, 0.1) is 6.61 Å². The minimum absolute atomic E-state index is 0.794. The third-order valence-electron chi connectivity index (χ3n) is 4.54. The van der Waals surface area contributed by atoms with E-state index in [1.54, 1.807) is 0 Å². The maximum atomic E-state index is 6.02. The SMILES string of the molecule is CCN1CCN(CCCOc2cccc3ccccc23)CC1. The number of rotatable bonds is 6. The van der Waals surface area contributed by atoms with Crippen molar-refractivity contribution in [2.24, 2.45) is 0 Å². The Labute approximate surface area is 133 Å². The van der Waals surface area contributed by atoms with Crippen LogP contribution in [0.1, 0.15) is 13.3 Å². The first-order chi connectivity index (χ1) is 10.9. The molecule has 22 heavy (non-hydrogen) atoms. The number of ether oxygens (including phenoxy) is 1. The van der Waals surface area contributed by atoms with Gasteiger partial charge in [0, 0.05) is 38.1 Å². The molecule has 0 aliphatic carbocycles. The topological polar surface area (TPSA) is 15.7 Å². The molecule has 3 heteroatoms. The molecule has 2 aromatic carbocycles. The number of nitrogens with zero attached hydrogens (tertiary/aromatic N) is 2. The van der Waals surface area contributed by atoms with Gasteiger partial charge in [-0.25, -0.2) is 0 Å². The fourth-order valence-electron chi connectivity index (χ4n) is 3.12. The molecule has 1 heterocycles. The molecule has 1 saturated heterocycles. The highest BCUT2D eigenvalue weighted by Gasteiger charge is 2.14. The van der Waals surface area contributed by atoms with Crippen molar-refractivity contribution in [3.63, 3.8) is 0 Å². The first-order valence-electron chi connectivity index (χ1n) is 8.42. The largest absolute Gasteiger partial charge is 0.493 e. The van der Waals surface area contributed by atoms with Crippen molar-refractivity contribution < 1.29 is 4.74 Å². The highest BCUT2D eigenvalue weighted by atomic mass is 16.5. The molecule has 1 aliphatic heterocycles. The van der Waals surface area contributed by atoms with Gasteiger partial charge in [-0.05, 0) is 24.4 Å². The van der Waals surface area contributed by atoms with Crippen LogP contribution in [-0.2, 0) is 0 Å². The third kappa shape index (κ3) is 3.79. The standard InChI is InChI=1S/C19H26N2O/c1-2-20-12-14-21(15-13-20)11-6-16-22-19-10-5-8-17-7-3-4-9-18(17)19/h3-5,7-10H,2,6,11-16H2,1H3. The summed E-state index contributed by atoms with van der Waals surface area (Å²) in [6.45, 7) is 10.2. The van der Waals surface area contributed by atoms with E-state index in [0.717, 1.165) is 25.3 Å². The van der Waals surface area contributed by atoms with Crippen LogP contribution in [0.2, 0.25) is 0 Å². The van der Waals surface area contributed by atoms with Crippen molar-refractivity contribution >= 4 is 10.8 Å².